The number of aliphatic carboxylic acids is 3. The standard InChI is InChI=1S/C21H37NO9Si/c1-20(2,3)30-19(29)22-11-12(31-32(7,8)21(4,5)6)9-14(22)13(10-15(23)24)16(17(25)26)18(27)28/h12-14,16H,9-11H2,1-8H3,(H,23,24)(H,25,26)(H,27,28). The van der Waals surface area contributed by atoms with E-state index in [0.29, 0.717) is 0 Å². The molecule has 1 amide bonds. The van der Waals surface area contributed by atoms with E-state index in [1.165, 1.54) is 4.90 Å². The fourth-order valence-electron chi connectivity index (χ4n) is 3.59. The summed E-state index contributed by atoms with van der Waals surface area (Å²) in [5.41, 5.74) is -0.846. The molecule has 1 saturated heterocycles. The summed E-state index contributed by atoms with van der Waals surface area (Å²) in [4.78, 5) is 49.2. The lowest BCUT2D eigenvalue weighted by molar-refractivity contribution is -0.159. The Morgan fingerprint density at radius 1 is 1.00 bits per heavy atom. The number of carbonyl (C=O) groups excluding carboxylic acids is 1. The maximum absolute atomic E-state index is 12.9. The third-order valence-corrected chi connectivity index (χ3v) is 10.6. The number of carbonyl (C=O) groups is 4. The Morgan fingerprint density at radius 2 is 1.50 bits per heavy atom. The first-order valence-electron chi connectivity index (χ1n) is 10.6. The van der Waals surface area contributed by atoms with Crippen molar-refractivity contribution in [1.29, 1.82) is 0 Å². The number of likely N-dealkylation sites (tertiary alicyclic amines) is 1. The third-order valence-electron chi connectivity index (χ3n) is 6.07. The predicted octanol–water partition coefficient (Wildman–Crippen LogP) is 3.26. The Balaban J connectivity index is 3.40. The maximum Gasteiger partial charge on any atom is 0.410 e. The number of hydrogen-bond acceptors (Lipinski definition) is 6. The molecule has 0 aromatic rings. The Bertz CT molecular complexity index is 725. The summed E-state index contributed by atoms with van der Waals surface area (Å²) < 4.78 is 11.9. The highest BCUT2D eigenvalue weighted by Gasteiger charge is 2.51. The fraction of sp³-hybridized carbons (Fsp3) is 0.810. The highest BCUT2D eigenvalue weighted by molar-refractivity contribution is 6.74. The van der Waals surface area contributed by atoms with Gasteiger partial charge in [0.25, 0.3) is 0 Å². The number of ether oxygens (including phenoxy) is 1. The molecule has 184 valence electrons. The van der Waals surface area contributed by atoms with Crippen LogP contribution in [0.3, 0.4) is 0 Å². The second-order valence-corrected chi connectivity index (χ2v) is 15.6. The Kier molecular flexibility index (Phi) is 8.52. The van der Waals surface area contributed by atoms with Gasteiger partial charge in [0.2, 0.25) is 0 Å². The van der Waals surface area contributed by atoms with Gasteiger partial charge in [0.05, 0.1) is 12.5 Å². The topological polar surface area (TPSA) is 151 Å². The predicted molar refractivity (Wildman–Crippen MR) is 118 cm³/mol. The molecular formula is C21H37NO9Si. The first-order valence-corrected chi connectivity index (χ1v) is 13.5. The minimum Gasteiger partial charge on any atom is -0.481 e. The highest BCUT2D eigenvalue weighted by Crippen LogP contribution is 2.41. The van der Waals surface area contributed by atoms with Crippen LogP contribution in [0.4, 0.5) is 4.79 Å². The summed E-state index contributed by atoms with van der Waals surface area (Å²) in [7, 11) is -2.28. The highest BCUT2D eigenvalue weighted by atomic mass is 28.4. The summed E-state index contributed by atoms with van der Waals surface area (Å²) in [6.07, 6.45) is -1.84. The first-order chi connectivity index (χ1) is 14.3. The normalized spacial score (nSPS) is 20.8. The van der Waals surface area contributed by atoms with E-state index >= 15 is 0 Å². The molecule has 3 unspecified atom stereocenters. The van der Waals surface area contributed by atoms with E-state index in [4.69, 9.17) is 9.16 Å². The summed E-state index contributed by atoms with van der Waals surface area (Å²) in [5.74, 6) is -8.00. The SMILES string of the molecule is CC(C)(C)OC(=O)N1CC(O[Si](C)(C)C(C)(C)C)CC1C(CC(=O)O)C(C(=O)O)C(=O)O. The average Bonchev–Trinajstić information content (AvgIpc) is 2.93. The van der Waals surface area contributed by atoms with Crippen LogP contribution in [-0.2, 0) is 23.5 Å². The van der Waals surface area contributed by atoms with Crippen LogP contribution in [0.25, 0.3) is 0 Å². The average molecular weight is 476 g/mol. The van der Waals surface area contributed by atoms with Crippen molar-refractivity contribution in [2.45, 2.75) is 90.3 Å². The molecule has 1 heterocycles. The van der Waals surface area contributed by atoms with Gasteiger partial charge in [-0.05, 0) is 45.3 Å². The molecule has 1 rings (SSSR count). The summed E-state index contributed by atoms with van der Waals surface area (Å²) >= 11 is 0. The van der Waals surface area contributed by atoms with E-state index in [0.717, 1.165) is 0 Å². The molecule has 3 N–H and O–H groups in total. The quantitative estimate of drug-likeness (QED) is 0.355. The van der Waals surface area contributed by atoms with E-state index in [-0.39, 0.29) is 18.0 Å². The molecule has 0 radical (unpaired) electrons. The van der Waals surface area contributed by atoms with Crippen LogP contribution >= 0.6 is 0 Å². The van der Waals surface area contributed by atoms with Crippen molar-refractivity contribution in [2.24, 2.45) is 11.8 Å². The smallest absolute Gasteiger partial charge is 0.410 e. The van der Waals surface area contributed by atoms with Crippen LogP contribution in [0.2, 0.25) is 18.1 Å². The van der Waals surface area contributed by atoms with Crippen LogP contribution in [0.1, 0.15) is 54.4 Å². The van der Waals surface area contributed by atoms with Gasteiger partial charge in [-0.2, -0.15) is 0 Å². The maximum atomic E-state index is 12.9. The van der Waals surface area contributed by atoms with Gasteiger partial charge in [0.15, 0.2) is 14.2 Å². The molecular weight excluding hydrogens is 438 g/mol. The van der Waals surface area contributed by atoms with Gasteiger partial charge in [0.1, 0.15) is 5.60 Å². The lowest BCUT2D eigenvalue weighted by Crippen LogP contribution is -2.48. The van der Waals surface area contributed by atoms with Crippen molar-refractivity contribution < 1.29 is 43.7 Å². The monoisotopic (exact) mass is 475 g/mol. The minimum absolute atomic E-state index is 0.0637. The van der Waals surface area contributed by atoms with Crippen LogP contribution in [0.15, 0.2) is 0 Å². The molecule has 0 spiro atoms. The molecule has 10 nitrogen and oxygen atoms in total. The summed E-state index contributed by atoms with van der Waals surface area (Å²) in [5, 5.41) is 28.3. The number of carboxylic acid groups (broad SMARTS) is 3. The van der Waals surface area contributed by atoms with Crippen LogP contribution in [-0.4, -0.2) is 76.8 Å². The summed E-state index contributed by atoms with van der Waals surface area (Å²) in [6, 6.07) is -0.979. The van der Waals surface area contributed by atoms with Crippen molar-refractivity contribution >= 4 is 32.3 Å². The molecule has 0 aromatic carbocycles. The van der Waals surface area contributed by atoms with Gasteiger partial charge in [-0.15, -0.1) is 0 Å². The Hall–Kier alpha value is -2.14. The molecule has 3 atom stereocenters. The van der Waals surface area contributed by atoms with Gasteiger partial charge < -0.3 is 29.4 Å². The largest absolute Gasteiger partial charge is 0.481 e. The number of amides is 1. The van der Waals surface area contributed by atoms with Crippen molar-refractivity contribution in [2.75, 3.05) is 6.54 Å². The van der Waals surface area contributed by atoms with Crippen LogP contribution < -0.4 is 0 Å². The third kappa shape index (κ3) is 7.19. The van der Waals surface area contributed by atoms with Crippen molar-refractivity contribution in [3.05, 3.63) is 0 Å². The van der Waals surface area contributed by atoms with E-state index in [2.05, 4.69) is 20.8 Å². The molecule has 0 aromatic heterocycles. The van der Waals surface area contributed by atoms with Gasteiger partial charge in [-0.3, -0.25) is 14.4 Å². The van der Waals surface area contributed by atoms with Crippen molar-refractivity contribution in [1.82, 2.24) is 4.90 Å². The fourth-order valence-corrected chi connectivity index (χ4v) is 4.95. The Labute approximate surface area is 190 Å². The molecule has 1 aliphatic rings. The first kappa shape index (κ1) is 27.9. The zero-order chi connectivity index (χ0) is 25.2. The van der Waals surface area contributed by atoms with Gasteiger partial charge in [-0.1, -0.05) is 20.8 Å². The second-order valence-electron chi connectivity index (χ2n) is 10.9. The van der Waals surface area contributed by atoms with E-state index in [9.17, 15) is 34.5 Å². The molecule has 0 bridgehead atoms. The number of carboxylic acids is 3. The van der Waals surface area contributed by atoms with Crippen LogP contribution in [0.5, 0.6) is 0 Å². The lowest BCUT2D eigenvalue weighted by Gasteiger charge is -2.38. The molecule has 1 fully saturated rings. The van der Waals surface area contributed by atoms with E-state index in [1.807, 2.05) is 13.1 Å². The van der Waals surface area contributed by atoms with E-state index in [1.54, 1.807) is 20.8 Å². The molecule has 11 heteroatoms. The van der Waals surface area contributed by atoms with E-state index < -0.39 is 68.3 Å². The molecule has 32 heavy (non-hydrogen) atoms. The number of rotatable bonds is 8. The van der Waals surface area contributed by atoms with Crippen molar-refractivity contribution in [3.63, 3.8) is 0 Å². The van der Waals surface area contributed by atoms with Crippen LogP contribution in [0, 0.1) is 11.8 Å². The minimum atomic E-state index is -2.28. The lowest BCUT2D eigenvalue weighted by atomic mass is 9.82. The number of hydrogen-bond donors (Lipinski definition) is 3. The summed E-state index contributed by atoms with van der Waals surface area (Å²) in [6.45, 7) is 15.3. The van der Waals surface area contributed by atoms with Gasteiger partial charge in [-0.25, -0.2) is 4.79 Å². The van der Waals surface area contributed by atoms with Gasteiger partial charge >= 0.3 is 24.0 Å². The zero-order valence-electron chi connectivity index (χ0n) is 20.2. The Morgan fingerprint density at radius 3 is 1.88 bits per heavy atom. The molecule has 0 saturated carbocycles. The molecule has 0 aliphatic carbocycles. The number of nitrogens with zero attached hydrogens (tertiary/aromatic N) is 1. The zero-order valence-corrected chi connectivity index (χ0v) is 21.2. The second kappa shape index (κ2) is 9.78. The molecule has 1 aliphatic heterocycles. The van der Waals surface area contributed by atoms with Crippen molar-refractivity contribution in [3.8, 4) is 0 Å². The van der Waals surface area contributed by atoms with Gasteiger partial charge in [0, 0.05) is 18.5 Å².